The summed E-state index contributed by atoms with van der Waals surface area (Å²) in [6.07, 6.45) is 2.59. The van der Waals surface area contributed by atoms with Crippen LogP contribution < -0.4 is 10.2 Å². The number of rotatable bonds is 10. The van der Waals surface area contributed by atoms with E-state index in [1.807, 2.05) is 43.3 Å². The molecular formula is C20H25N7O. The first-order valence-corrected chi connectivity index (χ1v) is 9.18. The second kappa shape index (κ2) is 11.4. The van der Waals surface area contributed by atoms with Gasteiger partial charge in [-0.2, -0.15) is 10.2 Å². The molecule has 0 spiro atoms. The molecule has 0 aromatic heterocycles. The standard InChI is InChI=1S/C20H25N7O/c1-27(2)19-12-10-18(11-13-19)25-24-17-8-6-16(7-9-17)20(28)22-14-4-3-5-15-23-26-21/h6-13H,3-5,14-15H2,1-2H3,(H,22,28)/b25-24+. The highest BCUT2D eigenvalue weighted by molar-refractivity contribution is 5.94. The zero-order chi connectivity index (χ0) is 20.2. The van der Waals surface area contributed by atoms with Gasteiger partial charge in [-0.05, 0) is 66.9 Å². The average Bonchev–Trinajstić information content (AvgIpc) is 2.72. The van der Waals surface area contributed by atoms with E-state index in [4.69, 9.17) is 5.53 Å². The van der Waals surface area contributed by atoms with Gasteiger partial charge in [-0.15, -0.1) is 0 Å². The highest BCUT2D eigenvalue weighted by Gasteiger charge is 2.04. The molecule has 0 atom stereocenters. The molecule has 2 aromatic carbocycles. The Balaban J connectivity index is 1.80. The molecule has 0 aliphatic carbocycles. The number of benzene rings is 2. The third-order valence-corrected chi connectivity index (χ3v) is 4.06. The van der Waals surface area contributed by atoms with Crippen LogP contribution in [-0.4, -0.2) is 33.1 Å². The molecule has 2 aromatic rings. The summed E-state index contributed by atoms with van der Waals surface area (Å²) in [4.78, 5) is 16.9. The minimum absolute atomic E-state index is 0.113. The number of nitrogens with one attached hydrogen (secondary N) is 1. The van der Waals surface area contributed by atoms with Crippen LogP contribution in [0.1, 0.15) is 29.6 Å². The van der Waals surface area contributed by atoms with E-state index < -0.39 is 0 Å². The number of nitrogens with zero attached hydrogens (tertiary/aromatic N) is 6. The number of azo groups is 1. The molecule has 28 heavy (non-hydrogen) atoms. The van der Waals surface area contributed by atoms with Crippen LogP contribution in [0.3, 0.4) is 0 Å². The molecule has 0 aliphatic rings. The van der Waals surface area contributed by atoms with Gasteiger partial charge >= 0.3 is 0 Å². The molecular weight excluding hydrogens is 354 g/mol. The fourth-order valence-corrected chi connectivity index (χ4v) is 2.45. The Kier molecular flexibility index (Phi) is 8.49. The Morgan fingerprint density at radius 2 is 1.57 bits per heavy atom. The Bertz CT molecular complexity index is 823. The minimum atomic E-state index is -0.113. The van der Waals surface area contributed by atoms with E-state index in [-0.39, 0.29) is 5.91 Å². The predicted octanol–water partition coefficient (Wildman–Crippen LogP) is 5.38. The van der Waals surface area contributed by atoms with Gasteiger partial charge in [0.1, 0.15) is 0 Å². The molecule has 0 bridgehead atoms. The van der Waals surface area contributed by atoms with Crippen molar-refractivity contribution >= 4 is 23.0 Å². The van der Waals surface area contributed by atoms with Crippen molar-refractivity contribution in [3.05, 3.63) is 64.5 Å². The molecule has 1 amide bonds. The van der Waals surface area contributed by atoms with E-state index in [1.165, 1.54) is 0 Å². The quantitative estimate of drug-likeness (QED) is 0.259. The molecule has 0 saturated carbocycles. The van der Waals surface area contributed by atoms with E-state index in [1.54, 1.807) is 24.3 Å². The zero-order valence-electron chi connectivity index (χ0n) is 16.2. The van der Waals surface area contributed by atoms with Crippen LogP contribution in [0.15, 0.2) is 63.9 Å². The first kappa shape index (κ1) is 20.9. The average molecular weight is 379 g/mol. The smallest absolute Gasteiger partial charge is 0.251 e. The Labute approximate surface area is 164 Å². The fraction of sp³-hybridized carbons (Fsp3) is 0.350. The summed E-state index contributed by atoms with van der Waals surface area (Å²) in [6, 6.07) is 14.8. The Hall–Kier alpha value is -3.38. The summed E-state index contributed by atoms with van der Waals surface area (Å²) in [5.41, 5.74) is 11.3. The number of azide groups is 1. The lowest BCUT2D eigenvalue weighted by atomic mass is 10.2. The van der Waals surface area contributed by atoms with Crippen LogP contribution in [0.25, 0.3) is 10.4 Å². The van der Waals surface area contributed by atoms with Gasteiger partial charge in [-0.3, -0.25) is 4.79 Å². The lowest BCUT2D eigenvalue weighted by molar-refractivity contribution is 0.0953. The highest BCUT2D eigenvalue weighted by Crippen LogP contribution is 2.21. The molecule has 8 heteroatoms. The Morgan fingerprint density at radius 3 is 2.14 bits per heavy atom. The van der Waals surface area contributed by atoms with Gasteiger partial charge in [0, 0.05) is 43.3 Å². The van der Waals surface area contributed by atoms with Gasteiger partial charge in [-0.25, -0.2) is 0 Å². The van der Waals surface area contributed by atoms with Gasteiger partial charge in [0.05, 0.1) is 11.4 Å². The van der Waals surface area contributed by atoms with Crippen molar-refractivity contribution in [2.24, 2.45) is 15.3 Å². The summed E-state index contributed by atoms with van der Waals surface area (Å²) >= 11 is 0. The third kappa shape index (κ3) is 7.09. The van der Waals surface area contributed by atoms with E-state index in [2.05, 4.69) is 25.6 Å². The van der Waals surface area contributed by atoms with Crippen molar-refractivity contribution in [1.82, 2.24) is 5.32 Å². The largest absolute Gasteiger partial charge is 0.378 e. The highest BCUT2D eigenvalue weighted by atomic mass is 16.1. The topological polar surface area (TPSA) is 106 Å². The summed E-state index contributed by atoms with van der Waals surface area (Å²) < 4.78 is 0. The molecule has 0 heterocycles. The molecule has 0 fully saturated rings. The van der Waals surface area contributed by atoms with Crippen molar-refractivity contribution in [3.8, 4) is 0 Å². The summed E-state index contributed by atoms with van der Waals surface area (Å²) in [7, 11) is 3.97. The summed E-state index contributed by atoms with van der Waals surface area (Å²) in [5.74, 6) is -0.113. The lowest BCUT2D eigenvalue weighted by Crippen LogP contribution is -2.24. The number of unbranched alkanes of at least 4 members (excludes halogenated alkanes) is 2. The predicted molar refractivity (Wildman–Crippen MR) is 112 cm³/mol. The fourth-order valence-electron chi connectivity index (χ4n) is 2.45. The molecule has 0 aliphatic heterocycles. The minimum Gasteiger partial charge on any atom is -0.378 e. The van der Waals surface area contributed by atoms with Crippen LogP contribution in [0, 0.1) is 0 Å². The number of carbonyl (C=O) groups is 1. The molecule has 0 unspecified atom stereocenters. The van der Waals surface area contributed by atoms with Crippen LogP contribution in [0.5, 0.6) is 0 Å². The van der Waals surface area contributed by atoms with E-state index >= 15 is 0 Å². The Morgan fingerprint density at radius 1 is 0.964 bits per heavy atom. The lowest BCUT2D eigenvalue weighted by Gasteiger charge is -2.11. The summed E-state index contributed by atoms with van der Waals surface area (Å²) in [5, 5.41) is 14.8. The molecule has 0 saturated heterocycles. The maximum atomic E-state index is 12.1. The van der Waals surface area contributed by atoms with Crippen LogP contribution in [0.4, 0.5) is 17.1 Å². The van der Waals surface area contributed by atoms with Gasteiger partial charge < -0.3 is 10.2 Å². The van der Waals surface area contributed by atoms with Gasteiger partial charge in [0.15, 0.2) is 0 Å². The van der Waals surface area contributed by atoms with Crippen molar-refractivity contribution in [2.45, 2.75) is 19.3 Å². The van der Waals surface area contributed by atoms with Crippen molar-refractivity contribution in [1.29, 1.82) is 0 Å². The van der Waals surface area contributed by atoms with E-state index in [0.29, 0.717) is 24.3 Å². The monoisotopic (exact) mass is 379 g/mol. The number of hydrogen-bond acceptors (Lipinski definition) is 5. The van der Waals surface area contributed by atoms with Crippen LogP contribution in [-0.2, 0) is 0 Å². The third-order valence-electron chi connectivity index (χ3n) is 4.06. The molecule has 0 radical (unpaired) electrons. The number of amides is 1. The van der Waals surface area contributed by atoms with Crippen molar-refractivity contribution in [3.63, 3.8) is 0 Å². The maximum absolute atomic E-state index is 12.1. The van der Waals surface area contributed by atoms with Crippen molar-refractivity contribution < 1.29 is 4.79 Å². The van der Waals surface area contributed by atoms with Gasteiger partial charge in [0.25, 0.3) is 5.91 Å². The molecule has 2 rings (SSSR count). The van der Waals surface area contributed by atoms with Crippen LogP contribution in [0.2, 0.25) is 0 Å². The second-order valence-corrected chi connectivity index (χ2v) is 6.43. The first-order valence-electron chi connectivity index (χ1n) is 9.18. The second-order valence-electron chi connectivity index (χ2n) is 6.43. The maximum Gasteiger partial charge on any atom is 0.251 e. The first-order chi connectivity index (χ1) is 13.6. The molecule has 8 nitrogen and oxygen atoms in total. The normalized spacial score (nSPS) is 10.5. The number of hydrogen-bond donors (Lipinski definition) is 1. The SMILES string of the molecule is CN(C)c1ccc(/N=N/c2ccc(C(=O)NCCCCCN=[N+]=[N-])cc2)cc1. The van der Waals surface area contributed by atoms with Crippen molar-refractivity contribution in [2.75, 3.05) is 32.1 Å². The van der Waals surface area contributed by atoms with Crippen LogP contribution >= 0.6 is 0 Å². The summed E-state index contributed by atoms with van der Waals surface area (Å²) in [6.45, 7) is 1.10. The zero-order valence-corrected chi connectivity index (χ0v) is 16.2. The van der Waals surface area contributed by atoms with E-state index in [9.17, 15) is 4.79 Å². The number of carbonyl (C=O) groups excluding carboxylic acids is 1. The van der Waals surface area contributed by atoms with Gasteiger partial charge in [0.2, 0.25) is 0 Å². The molecule has 1 N–H and O–H groups in total. The molecule has 146 valence electrons. The van der Waals surface area contributed by atoms with Gasteiger partial charge in [-0.1, -0.05) is 11.5 Å². The van der Waals surface area contributed by atoms with E-state index in [0.717, 1.165) is 30.6 Å². The number of anilines is 1.